The summed E-state index contributed by atoms with van der Waals surface area (Å²) in [5, 5.41) is 20.4. The summed E-state index contributed by atoms with van der Waals surface area (Å²) < 4.78 is 9.70. The van der Waals surface area contributed by atoms with Gasteiger partial charge in [0.1, 0.15) is 0 Å². The molecule has 1 aromatic carbocycles. The number of methoxy groups -OCH3 is 1. The number of carbonyl (C=O) groups is 2. The predicted octanol–water partition coefficient (Wildman–Crippen LogP) is 2.55. The Morgan fingerprint density at radius 2 is 2.04 bits per heavy atom. The van der Waals surface area contributed by atoms with Crippen molar-refractivity contribution in [2.45, 2.75) is 13.3 Å². The van der Waals surface area contributed by atoms with Crippen LogP contribution in [-0.2, 0) is 19.1 Å². The highest BCUT2D eigenvalue weighted by Gasteiger charge is 2.49. The Bertz CT molecular complexity index is 847. The molecule has 1 aromatic rings. The number of nitriles is 1. The second-order valence-electron chi connectivity index (χ2n) is 5.52. The minimum absolute atomic E-state index is 0.0821. The molecule has 8 nitrogen and oxygen atoms in total. The van der Waals surface area contributed by atoms with Crippen molar-refractivity contribution in [1.82, 2.24) is 0 Å². The Morgan fingerprint density at radius 3 is 2.54 bits per heavy atom. The molecular formula is C18H16N2O6. The first-order chi connectivity index (χ1) is 12.4. The lowest BCUT2D eigenvalue weighted by Crippen LogP contribution is -2.31. The Labute approximate surface area is 149 Å². The van der Waals surface area contributed by atoms with Crippen molar-refractivity contribution in [2.24, 2.45) is 5.41 Å². The van der Waals surface area contributed by atoms with Crippen LogP contribution in [0.1, 0.15) is 18.9 Å². The number of non-ortho nitro benzene ring substituents is 1. The number of allylic oxidation sites excluding steroid dienone is 1. The molecule has 2 rings (SSSR count). The lowest BCUT2D eigenvalue weighted by atomic mass is 9.81. The van der Waals surface area contributed by atoms with Gasteiger partial charge in [0.2, 0.25) is 0 Å². The molecule has 0 aliphatic heterocycles. The second kappa shape index (κ2) is 7.61. The van der Waals surface area contributed by atoms with E-state index in [4.69, 9.17) is 4.74 Å². The van der Waals surface area contributed by atoms with E-state index in [2.05, 4.69) is 4.74 Å². The van der Waals surface area contributed by atoms with Crippen molar-refractivity contribution in [3.05, 3.63) is 57.2 Å². The van der Waals surface area contributed by atoms with E-state index in [0.29, 0.717) is 5.56 Å². The van der Waals surface area contributed by atoms with E-state index in [1.165, 1.54) is 43.5 Å². The molecule has 1 aliphatic rings. The molecule has 8 heteroatoms. The van der Waals surface area contributed by atoms with E-state index in [1.807, 2.05) is 6.07 Å². The van der Waals surface area contributed by atoms with Gasteiger partial charge in [0.05, 0.1) is 24.7 Å². The van der Waals surface area contributed by atoms with E-state index in [-0.39, 0.29) is 29.9 Å². The van der Waals surface area contributed by atoms with Crippen LogP contribution in [0.15, 0.2) is 41.5 Å². The molecule has 134 valence electrons. The smallest absolute Gasteiger partial charge is 0.333 e. The fraction of sp³-hybridized carbons (Fsp3) is 0.278. The summed E-state index contributed by atoms with van der Waals surface area (Å²) in [6.07, 6.45) is 2.79. The third-order valence-electron chi connectivity index (χ3n) is 3.97. The van der Waals surface area contributed by atoms with Crippen LogP contribution in [0.5, 0.6) is 0 Å². The molecular weight excluding hydrogens is 340 g/mol. The van der Waals surface area contributed by atoms with Gasteiger partial charge in [-0.1, -0.05) is 0 Å². The van der Waals surface area contributed by atoms with Crippen molar-refractivity contribution in [2.75, 3.05) is 13.7 Å². The molecule has 0 aromatic heterocycles. The van der Waals surface area contributed by atoms with Gasteiger partial charge in [-0.2, -0.15) is 5.26 Å². The van der Waals surface area contributed by atoms with Crippen LogP contribution in [0.25, 0.3) is 6.08 Å². The molecule has 0 radical (unpaired) electrons. The highest BCUT2D eigenvalue weighted by Crippen LogP contribution is 2.44. The van der Waals surface area contributed by atoms with Crippen LogP contribution in [-0.4, -0.2) is 30.6 Å². The molecule has 1 unspecified atom stereocenters. The van der Waals surface area contributed by atoms with Crippen molar-refractivity contribution in [3.8, 4) is 6.07 Å². The molecule has 0 heterocycles. The average Bonchev–Trinajstić information content (AvgIpc) is 3.01. The Kier molecular flexibility index (Phi) is 5.52. The van der Waals surface area contributed by atoms with Gasteiger partial charge in [-0.05, 0) is 42.3 Å². The molecule has 0 spiro atoms. The van der Waals surface area contributed by atoms with Gasteiger partial charge in [0.25, 0.3) is 5.69 Å². The summed E-state index contributed by atoms with van der Waals surface area (Å²) in [5.74, 6) is -1.40. The SMILES string of the molecule is CCOC(=O)C1(C#N)CC(C(=O)OC)=C/C1=C/c1ccc([N+](=O)[O-])cc1. The molecule has 0 bridgehead atoms. The van der Waals surface area contributed by atoms with E-state index in [9.17, 15) is 25.0 Å². The summed E-state index contributed by atoms with van der Waals surface area (Å²) in [6, 6.07) is 7.56. The van der Waals surface area contributed by atoms with Crippen molar-refractivity contribution < 1.29 is 24.0 Å². The zero-order valence-corrected chi connectivity index (χ0v) is 14.2. The third-order valence-corrected chi connectivity index (χ3v) is 3.97. The summed E-state index contributed by atoms with van der Waals surface area (Å²) in [7, 11) is 1.21. The molecule has 0 saturated heterocycles. The maximum absolute atomic E-state index is 12.4. The van der Waals surface area contributed by atoms with E-state index in [1.54, 1.807) is 6.92 Å². The van der Waals surface area contributed by atoms with E-state index >= 15 is 0 Å². The summed E-state index contributed by atoms with van der Waals surface area (Å²) in [6.45, 7) is 1.70. The number of nitro benzene ring substituents is 1. The maximum Gasteiger partial charge on any atom is 0.333 e. The molecule has 26 heavy (non-hydrogen) atoms. The molecule has 0 saturated carbocycles. The topological polar surface area (TPSA) is 120 Å². The number of benzene rings is 1. The standard InChI is InChI=1S/C18H16N2O6/c1-3-26-17(22)18(11-19)10-13(16(21)25-2)9-14(18)8-12-4-6-15(7-5-12)20(23)24/h4-9H,3,10H2,1-2H3/b14-8-. The lowest BCUT2D eigenvalue weighted by molar-refractivity contribution is -0.384. The van der Waals surface area contributed by atoms with Gasteiger partial charge in [-0.25, -0.2) is 9.59 Å². The highest BCUT2D eigenvalue weighted by molar-refractivity contribution is 5.97. The molecule has 1 atom stereocenters. The van der Waals surface area contributed by atoms with E-state index in [0.717, 1.165) is 0 Å². The quantitative estimate of drug-likeness (QED) is 0.451. The van der Waals surface area contributed by atoms with Gasteiger partial charge in [-0.3, -0.25) is 10.1 Å². The van der Waals surface area contributed by atoms with Crippen LogP contribution < -0.4 is 0 Å². The lowest BCUT2D eigenvalue weighted by Gasteiger charge is -2.21. The fourth-order valence-electron chi connectivity index (χ4n) is 2.64. The summed E-state index contributed by atoms with van der Waals surface area (Å²) >= 11 is 0. The Balaban J connectivity index is 2.52. The zero-order valence-electron chi connectivity index (χ0n) is 14.2. The first kappa shape index (κ1) is 18.9. The third kappa shape index (κ3) is 3.47. The number of esters is 2. The van der Waals surface area contributed by atoms with Gasteiger partial charge >= 0.3 is 11.9 Å². The molecule has 0 amide bonds. The number of hydrogen-bond donors (Lipinski definition) is 0. The minimum Gasteiger partial charge on any atom is -0.466 e. The monoisotopic (exact) mass is 356 g/mol. The largest absolute Gasteiger partial charge is 0.466 e. The van der Waals surface area contributed by atoms with Crippen LogP contribution in [0, 0.1) is 26.9 Å². The van der Waals surface area contributed by atoms with Gasteiger partial charge in [-0.15, -0.1) is 0 Å². The van der Waals surface area contributed by atoms with Crippen molar-refractivity contribution in [1.29, 1.82) is 5.26 Å². The van der Waals surface area contributed by atoms with Crippen molar-refractivity contribution >= 4 is 23.7 Å². The zero-order chi connectivity index (χ0) is 19.3. The maximum atomic E-state index is 12.4. The summed E-state index contributed by atoms with van der Waals surface area (Å²) in [4.78, 5) is 34.5. The van der Waals surface area contributed by atoms with Crippen LogP contribution in [0.3, 0.4) is 0 Å². The molecule has 0 N–H and O–H groups in total. The minimum atomic E-state index is -1.67. The number of carbonyl (C=O) groups excluding carboxylic acids is 2. The highest BCUT2D eigenvalue weighted by atomic mass is 16.6. The number of ether oxygens (including phenoxy) is 2. The number of nitrogens with zero attached hydrogens (tertiary/aromatic N) is 2. The predicted molar refractivity (Wildman–Crippen MR) is 90.5 cm³/mol. The van der Waals surface area contributed by atoms with Crippen LogP contribution in [0.2, 0.25) is 0 Å². The average molecular weight is 356 g/mol. The number of hydrogen-bond acceptors (Lipinski definition) is 7. The normalized spacial score (nSPS) is 20.2. The molecule has 1 aliphatic carbocycles. The number of rotatable bonds is 5. The Hall–Kier alpha value is -3.47. The first-order valence-corrected chi connectivity index (χ1v) is 7.72. The number of nitro groups is 1. The van der Waals surface area contributed by atoms with E-state index < -0.39 is 22.3 Å². The second-order valence-corrected chi connectivity index (χ2v) is 5.52. The van der Waals surface area contributed by atoms with Crippen LogP contribution >= 0.6 is 0 Å². The van der Waals surface area contributed by atoms with Crippen LogP contribution in [0.4, 0.5) is 5.69 Å². The van der Waals surface area contributed by atoms with Gasteiger partial charge in [0.15, 0.2) is 5.41 Å². The summed E-state index contributed by atoms with van der Waals surface area (Å²) in [5.41, 5.74) is -0.762. The molecule has 0 fully saturated rings. The van der Waals surface area contributed by atoms with Crippen molar-refractivity contribution in [3.63, 3.8) is 0 Å². The first-order valence-electron chi connectivity index (χ1n) is 7.72. The van der Waals surface area contributed by atoms with Gasteiger partial charge < -0.3 is 9.47 Å². The Morgan fingerprint density at radius 1 is 1.38 bits per heavy atom. The van der Waals surface area contributed by atoms with Gasteiger partial charge in [0, 0.05) is 24.1 Å². The fourth-order valence-corrected chi connectivity index (χ4v) is 2.64.